The van der Waals surface area contributed by atoms with Crippen molar-refractivity contribution in [3.8, 4) is 0 Å². The lowest BCUT2D eigenvalue weighted by Gasteiger charge is -2.17. The summed E-state index contributed by atoms with van der Waals surface area (Å²) < 4.78 is 38.4. The highest BCUT2D eigenvalue weighted by molar-refractivity contribution is 9.10. The van der Waals surface area contributed by atoms with Gasteiger partial charge in [0.1, 0.15) is 0 Å². The Hall–Kier alpha value is -0.550. The molecule has 0 amide bonds. The Bertz CT molecular complexity index is 363. The molecule has 0 aromatic heterocycles. The Balaban J connectivity index is 3.18. The standard InChI is InChI=1S/C11H12BrF3O/c1-2-3-10(16)8-5-4-7(12)6-9(8)11(13,14)15/h4-6,10,16H,2-3H2,1H3. The molecule has 0 aliphatic heterocycles. The lowest BCUT2D eigenvalue weighted by Crippen LogP contribution is -2.12. The van der Waals surface area contributed by atoms with Gasteiger partial charge in [-0.15, -0.1) is 0 Å². The molecule has 0 saturated carbocycles. The number of alkyl halides is 3. The molecule has 0 spiro atoms. The maximum Gasteiger partial charge on any atom is 0.416 e. The second-order valence-corrected chi connectivity index (χ2v) is 4.45. The quantitative estimate of drug-likeness (QED) is 0.882. The van der Waals surface area contributed by atoms with Crippen LogP contribution in [-0.4, -0.2) is 5.11 Å². The van der Waals surface area contributed by atoms with Gasteiger partial charge >= 0.3 is 6.18 Å². The first-order chi connectivity index (χ1) is 7.36. The molecular weight excluding hydrogens is 285 g/mol. The highest BCUT2D eigenvalue weighted by Crippen LogP contribution is 2.37. The fourth-order valence-electron chi connectivity index (χ4n) is 1.49. The van der Waals surface area contributed by atoms with Crippen molar-refractivity contribution in [2.45, 2.75) is 32.0 Å². The summed E-state index contributed by atoms with van der Waals surface area (Å²) in [5, 5.41) is 9.64. The molecule has 1 aromatic rings. The fourth-order valence-corrected chi connectivity index (χ4v) is 1.85. The van der Waals surface area contributed by atoms with Gasteiger partial charge in [0.05, 0.1) is 11.7 Å². The Morgan fingerprint density at radius 2 is 2.00 bits per heavy atom. The first-order valence-electron chi connectivity index (χ1n) is 4.91. The van der Waals surface area contributed by atoms with Gasteiger partial charge < -0.3 is 5.11 Å². The molecule has 0 aliphatic carbocycles. The van der Waals surface area contributed by atoms with Crippen molar-refractivity contribution >= 4 is 15.9 Å². The maximum absolute atomic E-state index is 12.7. The lowest BCUT2D eigenvalue weighted by atomic mass is 9.99. The zero-order chi connectivity index (χ0) is 12.3. The van der Waals surface area contributed by atoms with Crippen LogP contribution >= 0.6 is 15.9 Å². The summed E-state index contributed by atoms with van der Waals surface area (Å²) in [6.07, 6.45) is -4.54. The SMILES string of the molecule is CCCC(O)c1ccc(Br)cc1C(F)(F)F. The van der Waals surface area contributed by atoms with E-state index in [0.29, 0.717) is 17.3 Å². The minimum Gasteiger partial charge on any atom is -0.388 e. The Labute approximate surface area is 100 Å². The molecule has 1 unspecified atom stereocenters. The second-order valence-electron chi connectivity index (χ2n) is 3.53. The van der Waals surface area contributed by atoms with Gasteiger partial charge in [-0.1, -0.05) is 35.3 Å². The van der Waals surface area contributed by atoms with Gasteiger partial charge in [0.2, 0.25) is 0 Å². The molecule has 0 fully saturated rings. The summed E-state index contributed by atoms with van der Waals surface area (Å²) in [4.78, 5) is 0. The minimum absolute atomic E-state index is 0.0578. The van der Waals surface area contributed by atoms with E-state index in [0.717, 1.165) is 6.07 Å². The summed E-state index contributed by atoms with van der Waals surface area (Å²) in [6, 6.07) is 3.81. The van der Waals surface area contributed by atoms with Crippen LogP contribution in [0.15, 0.2) is 22.7 Å². The number of hydrogen-bond acceptors (Lipinski definition) is 1. The minimum atomic E-state index is -4.44. The molecule has 16 heavy (non-hydrogen) atoms. The molecule has 0 saturated heterocycles. The van der Waals surface area contributed by atoms with Crippen molar-refractivity contribution in [2.24, 2.45) is 0 Å². The average Bonchev–Trinajstić information content (AvgIpc) is 2.16. The van der Waals surface area contributed by atoms with E-state index in [9.17, 15) is 18.3 Å². The van der Waals surface area contributed by atoms with Gasteiger partial charge in [-0.05, 0) is 24.1 Å². The first kappa shape index (κ1) is 13.5. The van der Waals surface area contributed by atoms with E-state index in [1.165, 1.54) is 12.1 Å². The van der Waals surface area contributed by atoms with Gasteiger partial charge in [0.25, 0.3) is 0 Å². The molecule has 1 N–H and O–H groups in total. The van der Waals surface area contributed by atoms with Crippen molar-refractivity contribution in [1.82, 2.24) is 0 Å². The fraction of sp³-hybridized carbons (Fsp3) is 0.455. The second kappa shape index (κ2) is 5.19. The molecule has 1 rings (SSSR count). The molecule has 1 aromatic carbocycles. The van der Waals surface area contributed by atoms with Crippen LogP contribution in [0.4, 0.5) is 13.2 Å². The molecule has 1 atom stereocenters. The van der Waals surface area contributed by atoms with Crippen molar-refractivity contribution in [3.63, 3.8) is 0 Å². The summed E-state index contributed by atoms with van der Waals surface area (Å²) in [7, 11) is 0. The molecule has 0 aliphatic rings. The van der Waals surface area contributed by atoms with Gasteiger partial charge in [-0.25, -0.2) is 0 Å². The van der Waals surface area contributed by atoms with Crippen molar-refractivity contribution in [1.29, 1.82) is 0 Å². The van der Waals surface area contributed by atoms with Crippen LogP contribution in [0.25, 0.3) is 0 Å². The molecule has 5 heteroatoms. The molecule has 0 radical (unpaired) electrons. The molecule has 90 valence electrons. The van der Waals surface area contributed by atoms with Crippen molar-refractivity contribution in [2.75, 3.05) is 0 Å². The zero-order valence-electron chi connectivity index (χ0n) is 8.68. The first-order valence-corrected chi connectivity index (χ1v) is 5.70. The number of rotatable bonds is 3. The number of aliphatic hydroxyl groups is 1. The largest absolute Gasteiger partial charge is 0.416 e. The van der Waals surface area contributed by atoms with E-state index in [1.54, 1.807) is 0 Å². The Kier molecular flexibility index (Phi) is 4.38. The third-order valence-electron chi connectivity index (χ3n) is 2.24. The van der Waals surface area contributed by atoms with Crippen LogP contribution in [0, 0.1) is 0 Å². The van der Waals surface area contributed by atoms with E-state index < -0.39 is 17.8 Å². The monoisotopic (exact) mass is 296 g/mol. The highest BCUT2D eigenvalue weighted by atomic mass is 79.9. The third-order valence-corrected chi connectivity index (χ3v) is 2.74. The summed E-state index contributed by atoms with van der Waals surface area (Å²) in [5.41, 5.74) is -0.833. The topological polar surface area (TPSA) is 20.2 Å². The van der Waals surface area contributed by atoms with Crippen LogP contribution in [0.2, 0.25) is 0 Å². The number of benzene rings is 1. The van der Waals surface area contributed by atoms with Crippen LogP contribution in [0.1, 0.15) is 37.0 Å². The molecule has 1 nitrogen and oxygen atoms in total. The van der Waals surface area contributed by atoms with Gasteiger partial charge in [-0.2, -0.15) is 13.2 Å². The van der Waals surface area contributed by atoms with Gasteiger partial charge in [0.15, 0.2) is 0 Å². The van der Waals surface area contributed by atoms with E-state index in [1.807, 2.05) is 6.92 Å². The van der Waals surface area contributed by atoms with Gasteiger partial charge in [-0.3, -0.25) is 0 Å². The predicted octanol–water partition coefficient (Wildman–Crippen LogP) is 4.30. The number of aliphatic hydroxyl groups excluding tert-OH is 1. The predicted molar refractivity (Wildman–Crippen MR) is 59.0 cm³/mol. The zero-order valence-corrected chi connectivity index (χ0v) is 10.3. The normalized spacial score (nSPS) is 13.9. The van der Waals surface area contributed by atoms with E-state index in [2.05, 4.69) is 15.9 Å². The highest BCUT2D eigenvalue weighted by Gasteiger charge is 2.34. The van der Waals surface area contributed by atoms with E-state index >= 15 is 0 Å². The van der Waals surface area contributed by atoms with Crippen LogP contribution < -0.4 is 0 Å². The van der Waals surface area contributed by atoms with Crippen LogP contribution in [0.5, 0.6) is 0 Å². The molecular formula is C11H12BrF3O. The van der Waals surface area contributed by atoms with E-state index in [4.69, 9.17) is 0 Å². The molecule has 0 bridgehead atoms. The van der Waals surface area contributed by atoms with Crippen molar-refractivity contribution < 1.29 is 18.3 Å². The summed E-state index contributed by atoms with van der Waals surface area (Å²) in [6.45, 7) is 1.81. The maximum atomic E-state index is 12.7. The summed E-state index contributed by atoms with van der Waals surface area (Å²) >= 11 is 3.00. The van der Waals surface area contributed by atoms with Crippen LogP contribution in [-0.2, 0) is 6.18 Å². The average molecular weight is 297 g/mol. The lowest BCUT2D eigenvalue weighted by molar-refractivity contribution is -0.139. The van der Waals surface area contributed by atoms with Crippen molar-refractivity contribution in [3.05, 3.63) is 33.8 Å². The smallest absolute Gasteiger partial charge is 0.388 e. The molecule has 0 heterocycles. The van der Waals surface area contributed by atoms with Crippen LogP contribution in [0.3, 0.4) is 0 Å². The number of halogens is 4. The summed E-state index contributed by atoms with van der Waals surface area (Å²) in [5.74, 6) is 0. The third kappa shape index (κ3) is 3.22. The van der Waals surface area contributed by atoms with E-state index in [-0.39, 0.29) is 5.56 Å². The van der Waals surface area contributed by atoms with Gasteiger partial charge in [0, 0.05) is 4.47 Å². The number of hydrogen-bond donors (Lipinski definition) is 1. The Morgan fingerprint density at radius 1 is 1.38 bits per heavy atom. The Morgan fingerprint density at radius 3 is 2.50 bits per heavy atom.